The minimum Gasteiger partial charge on any atom is -0.497 e. The molecule has 4 rings (SSSR count). The molecule has 1 fully saturated rings. The fourth-order valence-electron chi connectivity index (χ4n) is 3.96. The van der Waals surface area contributed by atoms with Crippen LogP contribution in [-0.2, 0) is 16.6 Å². The Morgan fingerprint density at radius 3 is 2.55 bits per heavy atom. The van der Waals surface area contributed by atoms with Crippen LogP contribution < -0.4 is 10.1 Å². The number of benzene rings is 1. The van der Waals surface area contributed by atoms with Crippen molar-refractivity contribution in [3.63, 3.8) is 0 Å². The van der Waals surface area contributed by atoms with E-state index in [-0.39, 0.29) is 23.3 Å². The number of hydrogen-bond acceptors (Lipinski definition) is 5. The zero-order valence-corrected chi connectivity index (χ0v) is 18.2. The monoisotopic (exact) mass is 446 g/mol. The molecule has 2 aromatic rings. The predicted octanol–water partition coefficient (Wildman–Crippen LogP) is 1.17. The molecule has 1 aromatic heterocycles. The highest BCUT2D eigenvalue weighted by atomic mass is 32.2. The molecule has 10 heteroatoms. The number of hydrogen-bond donors (Lipinski definition) is 1. The van der Waals surface area contributed by atoms with Gasteiger partial charge in [0.1, 0.15) is 11.4 Å². The standard InChI is InChI=1S/C21H26N4O5S/c1-30-17-4-6-18(7-5-17)31(28,29)25-11-3-10-23(12-13-25)21(27)16-14-19-20(26)22-8-2-9-24(19)15-16/h4-7,14-15H,2-3,8-13H2,1H3,(H,22,26). The molecule has 1 saturated heterocycles. The summed E-state index contributed by atoms with van der Waals surface area (Å²) in [6.45, 7) is 2.60. The van der Waals surface area contributed by atoms with Gasteiger partial charge < -0.3 is 19.5 Å². The first-order valence-electron chi connectivity index (χ1n) is 10.3. The number of aryl methyl sites for hydroxylation is 1. The van der Waals surface area contributed by atoms with E-state index in [1.165, 1.54) is 23.5 Å². The van der Waals surface area contributed by atoms with E-state index >= 15 is 0 Å². The van der Waals surface area contributed by atoms with Gasteiger partial charge in [0.15, 0.2) is 0 Å². The normalized spacial score (nSPS) is 18.0. The van der Waals surface area contributed by atoms with E-state index < -0.39 is 10.0 Å². The molecule has 0 saturated carbocycles. The van der Waals surface area contributed by atoms with Crippen LogP contribution in [0.5, 0.6) is 5.75 Å². The van der Waals surface area contributed by atoms with E-state index in [2.05, 4.69) is 5.32 Å². The number of methoxy groups -OCH3 is 1. The Labute approximate surface area is 181 Å². The number of nitrogens with one attached hydrogen (secondary N) is 1. The third kappa shape index (κ3) is 4.31. The lowest BCUT2D eigenvalue weighted by atomic mass is 10.2. The molecular formula is C21H26N4O5S. The van der Waals surface area contributed by atoms with Crippen LogP contribution in [0.25, 0.3) is 0 Å². The molecule has 1 N–H and O–H groups in total. The summed E-state index contributed by atoms with van der Waals surface area (Å²) in [6, 6.07) is 7.92. The number of carbonyl (C=O) groups excluding carboxylic acids is 2. The van der Waals surface area contributed by atoms with Gasteiger partial charge in [-0.15, -0.1) is 0 Å². The number of sulfonamides is 1. The van der Waals surface area contributed by atoms with Gasteiger partial charge in [0.05, 0.1) is 17.6 Å². The molecule has 0 atom stereocenters. The average Bonchev–Trinajstić information content (AvgIpc) is 2.93. The third-order valence-corrected chi connectivity index (χ3v) is 7.59. The van der Waals surface area contributed by atoms with Crippen molar-refractivity contribution in [1.29, 1.82) is 0 Å². The second kappa shape index (κ2) is 8.72. The minimum atomic E-state index is -3.65. The predicted molar refractivity (Wildman–Crippen MR) is 114 cm³/mol. The van der Waals surface area contributed by atoms with E-state index in [1.54, 1.807) is 29.3 Å². The number of nitrogens with zero attached hydrogens (tertiary/aromatic N) is 3. The Kier molecular flexibility index (Phi) is 6.01. The Hall–Kier alpha value is -2.85. The van der Waals surface area contributed by atoms with Crippen LogP contribution in [0, 0.1) is 0 Å². The molecule has 2 amide bonds. The van der Waals surface area contributed by atoms with Crippen molar-refractivity contribution in [2.45, 2.75) is 24.3 Å². The number of carbonyl (C=O) groups is 2. The number of fused-ring (bicyclic) bond motifs is 1. The number of aromatic nitrogens is 1. The maximum absolute atomic E-state index is 13.1. The van der Waals surface area contributed by atoms with Crippen molar-refractivity contribution in [3.8, 4) is 5.75 Å². The van der Waals surface area contributed by atoms with Gasteiger partial charge in [0, 0.05) is 45.5 Å². The van der Waals surface area contributed by atoms with Gasteiger partial charge in [-0.2, -0.15) is 4.31 Å². The first kappa shape index (κ1) is 21.4. The van der Waals surface area contributed by atoms with Crippen LogP contribution in [0.1, 0.15) is 33.7 Å². The average molecular weight is 447 g/mol. The minimum absolute atomic E-state index is 0.177. The molecule has 166 valence electrons. The Morgan fingerprint density at radius 2 is 1.81 bits per heavy atom. The van der Waals surface area contributed by atoms with Crippen molar-refractivity contribution in [2.75, 3.05) is 39.8 Å². The van der Waals surface area contributed by atoms with E-state index in [1.807, 2.05) is 4.57 Å². The van der Waals surface area contributed by atoms with Crippen molar-refractivity contribution < 1.29 is 22.7 Å². The fourth-order valence-corrected chi connectivity index (χ4v) is 5.43. The largest absolute Gasteiger partial charge is 0.497 e. The zero-order valence-electron chi connectivity index (χ0n) is 17.4. The molecular weight excluding hydrogens is 420 g/mol. The molecule has 2 aliphatic rings. The molecule has 31 heavy (non-hydrogen) atoms. The van der Waals surface area contributed by atoms with Crippen LogP contribution in [0.2, 0.25) is 0 Å². The fraction of sp³-hybridized carbons (Fsp3) is 0.429. The van der Waals surface area contributed by atoms with E-state index in [4.69, 9.17) is 4.74 Å². The smallest absolute Gasteiger partial charge is 0.267 e. The molecule has 1 aromatic carbocycles. The Morgan fingerprint density at radius 1 is 1.03 bits per heavy atom. The van der Waals surface area contributed by atoms with E-state index in [0.29, 0.717) is 56.2 Å². The van der Waals surface area contributed by atoms with E-state index in [0.717, 1.165) is 6.42 Å². The molecule has 0 spiro atoms. The van der Waals surface area contributed by atoms with Gasteiger partial charge in [-0.3, -0.25) is 9.59 Å². The number of ether oxygens (including phenoxy) is 1. The molecule has 2 aliphatic heterocycles. The second-order valence-corrected chi connectivity index (χ2v) is 9.58. The number of rotatable bonds is 4. The molecule has 3 heterocycles. The van der Waals surface area contributed by atoms with Gasteiger partial charge >= 0.3 is 0 Å². The summed E-state index contributed by atoms with van der Waals surface area (Å²) < 4.78 is 34.4. The number of amides is 2. The molecule has 0 radical (unpaired) electrons. The lowest BCUT2D eigenvalue weighted by molar-refractivity contribution is 0.0764. The van der Waals surface area contributed by atoms with Crippen LogP contribution in [0.15, 0.2) is 41.4 Å². The summed E-state index contributed by atoms with van der Waals surface area (Å²) in [5.41, 5.74) is 0.942. The van der Waals surface area contributed by atoms with Gasteiger partial charge in [-0.05, 0) is 43.2 Å². The summed E-state index contributed by atoms with van der Waals surface area (Å²) in [4.78, 5) is 27.1. The first-order chi connectivity index (χ1) is 14.9. The molecule has 0 bridgehead atoms. The quantitative estimate of drug-likeness (QED) is 0.760. The highest BCUT2D eigenvalue weighted by molar-refractivity contribution is 7.89. The maximum atomic E-state index is 13.1. The van der Waals surface area contributed by atoms with Gasteiger partial charge in [0.25, 0.3) is 11.8 Å². The van der Waals surface area contributed by atoms with Crippen LogP contribution in [-0.4, -0.2) is 73.8 Å². The van der Waals surface area contributed by atoms with Gasteiger partial charge in [-0.1, -0.05) is 0 Å². The van der Waals surface area contributed by atoms with Crippen molar-refractivity contribution in [3.05, 3.63) is 47.8 Å². The topological polar surface area (TPSA) is 101 Å². The first-order valence-corrected chi connectivity index (χ1v) is 11.8. The van der Waals surface area contributed by atoms with Crippen molar-refractivity contribution >= 4 is 21.8 Å². The SMILES string of the molecule is COc1ccc(S(=O)(=O)N2CCCN(C(=O)c3cc4n(c3)CCCNC4=O)CC2)cc1. The molecule has 0 unspecified atom stereocenters. The van der Waals surface area contributed by atoms with Crippen LogP contribution in [0.4, 0.5) is 0 Å². The van der Waals surface area contributed by atoms with Crippen LogP contribution >= 0.6 is 0 Å². The van der Waals surface area contributed by atoms with Crippen molar-refractivity contribution in [1.82, 2.24) is 19.1 Å². The summed E-state index contributed by atoms with van der Waals surface area (Å²) in [5.74, 6) is 0.229. The van der Waals surface area contributed by atoms with Gasteiger partial charge in [-0.25, -0.2) is 8.42 Å². The zero-order chi connectivity index (χ0) is 22.0. The van der Waals surface area contributed by atoms with E-state index in [9.17, 15) is 18.0 Å². The summed E-state index contributed by atoms with van der Waals surface area (Å²) in [7, 11) is -2.13. The summed E-state index contributed by atoms with van der Waals surface area (Å²) in [6.07, 6.45) is 3.07. The lowest BCUT2D eigenvalue weighted by Gasteiger charge is -2.22. The lowest BCUT2D eigenvalue weighted by Crippen LogP contribution is -2.37. The van der Waals surface area contributed by atoms with Gasteiger partial charge in [0.2, 0.25) is 10.0 Å². The highest BCUT2D eigenvalue weighted by Gasteiger charge is 2.29. The Balaban J connectivity index is 1.47. The maximum Gasteiger partial charge on any atom is 0.267 e. The summed E-state index contributed by atoms with van der Waals surface area (Å²) in [5, 5.41) is 2.82. The molecule has 9 nitrogen and oxygen atoms in total. The van der Waals surface area contributed by atoms with Crippen molar-refractivity contribution in [2.24, 2.45) is 0 Å². The van der Waals surface area contributed by atoms with Crippen LogP contribution in [0.3, 0.4) is 0 Å². The Bertz CT molecular complexity index is 1080. The highest BCUT2D eigenvalue weighted by Crippen LogP contribution is 2.22. The molecule has 0 aliphatic carbocycles. The summed E-state index contributed by atoms with van der Waals surface area (Å²) >= 11 is 0. The second-order valence-electron chi connectivity index (χ2n) is 7.64. The third-order valence-electron chi connectivity index (χ3n) is 5.68.